The van der Waals surface area contributed by atoms with Crippen LogP contribution in [0.25, 0.3) is 0 Å². The summed E-state index contributed by atoms with van der Waals surface area (Å²) in [4.78, 5) is 0. The second-order valence-corrected chi connectivity index (χ2v) is 6.67. The van der Waals surface area contributed by atoms with E-state index < -0.39 is 0 Å². The van der Waals surface area contributed by atoms with Crippen LogP contribution in [0.2, 0.25) is 0 Å². The Morgan fingerprint density at radius 3 is 2.86 bits per heavy atom. The Labute approximate surface area is 132 Å². The van der Waals surface area contributed by atoms with Crippen molar-refractivity contribution in [3.05, 3.63) is 57.8 Å². The fourth-order valence-corrected chi connectivity index (χ4v) is 2.92. The molecular weight excluding hydrogens is 335 g/mol. The summed E-state index contributed by atoms with van der Waals surface area (Å²) in [6.45, 7) is 4.50. The van der Waals surface area contributed by atoms with E-state index in [9.17, 15) is 4.39 Å². The lowest BCUT2D eigenvalue weighted by atomic mass is 10.0. The highest BCUT2D eigenvalue weighted by atomic mass is 79.9. The Kier molecular flexibility index (Phi) is 3.66. The average molecular weight is 351 g/mol. The first-order valence-electron chi connectivity index (χ1n) is 6.82. The first-order valence-corrected chi connectivity index (χ1v) is 7.61. The average Bonchev–Trinajstić information content (AvgIpc) is 2.74. The van der Waals surface area contributed by atoms with Crippen LogP contribution < -0.4 is 9.47 Å². The maximum Gasteiger partial charge on any atom is 0.165 e. The van der Waals surface area contributed by atoms with Gasteiger partial charge in [0.2, 0.25) is 0 Å². The van der Waals surface area contributed by atoms with Gasteiger partial charge in [0.25, 0.3) is 0 Å². The van der Waals surface area contributed by atoms with Gasteiger partial charge in [-0.15, -0.1) is 0 Å². The fraction of sp³-hybridized carbons (Fsp3) is 0.294. The van der Waals surface area contributed by atoms with Crippen molar-refractivity contribution >= 4 is 15.9 Å². The highest BCUT2D eigenvalue weighted by Crippen LogP contribution is 2.41. The molecule has 0 bridgehead atoms. The van der Waals surface area contributed by atoms with Gasteiger partial charge in [0, 0.05) is 12.0 Å². The molecule has 0 aliphatic carbocycles. The van der Waals surface area contributed by atoms with Crippen LogP contribution in [-0.2, 0) is 13.0 Å². The smallest absolute Gasteiger partial charge is 0.165 e. The molecule has 0 N–H and O–H groups in total. The van der Waals surface area contributed by atoms with Crippen LogP contribution in [0, 0.1) is 5.82 Å². The number of halogens is 2. The molecule has 0 atom stereocenters. The molecule has 0 saturated heterocycles. The van der Waals surface area contributed by atoms with Crippen molar-refractivity contribution in [1.29, 1.82) is 0 Å². The minimum atomic E-state index is -0.274. The Bertz CT molecular complexity index is 682. The molecule has 4 heteroatoms. The Morgan fingerprint density at radius 2 is 2.10 bits per heavy atom. The molecule has 0 fully saturated rings. The lowest BCUT2D eigenvalue weighted by molar-refractivity contribution is 0.131. The largest absolute Gasteiger partial charge is 0.485 e. The van der Waals surface area contributed by atoms with Crippen molar-refractivity contribution in [3.8, 4) is 11.5 Å². The minimum absolute atomic E-state index is 0.194. The van der Waals surface area contributed by atoms with Gasteiger partial charge in [-0.25, -0.2) is 4.39 Å². The molecule has 1 aliphatic heterocycles. The maximum absolute atomic E-state index is 13.2. The second-order valence-electron chi connectivity index (χ2n) is 5.82. The zero-order chi connectivity index (χ0) is 15.0. The maximum atomic E-state index is 13.2. The Hall–Kier alpha value is -1.55. The molecule has 0 amide bonds. The molecule has 0 spiro atoms. The van der Waals surface area contributed by atoms with Crippen LogP contribution in [-0.4, -0.2) is 5.60 Å². The zero-order valence-electron chi connectivity index (χ0n) is 12.0. The first-order chi connectivity index (χ1) is 9.94. The van der Waals surface area contributed by atoms with Crippen molar-refractivity contribution < 1.29 is 13.9 Å². The number of benzene rings is 2. The molecule has 0 radical (unpaired) electrons. The molecule has 3 rings (SSSR count). The molecule has 110 valence electrons. The molecule has 0 aromatic heterocycles. The van der Waals surface area contributed by atoms with E-state index in [1.54, 1.807) is 12.1 Å². The van der Waals surface area contributed by atoms with Crippen molar-refractivity contribution in [2.45, 2.75) is 32.5 Å². The molecule has 1 heterocycles. The monoisotopic (exact) mass is 350 g/mol. The summed E-state index contributed by atoms with van der Waals surface area (Å²) in [6, 6.07) is 10.8. The normalized spacial score (nSPS) is 15.4. The molecule has 2 nitrogen and oxygen atoms in total. The predicted molar refractivity (Wildman–Crippen MR) is 83.3 cm³/mol. The molecule has 2 aromatic rings. The Balaban J connectivity index is 1.78. The predicted octanol–water partition coefficient (Wildman–Crippen LogP) is 4.88. The number of fused-ring (bicyclic) bond motifs is 1. The number of para-hydroxylation sites is 1. The van der Waals surface area contributed by atoms with Crippen molar-refractivity contribution in [1.82, 2.24) is 0 Å². The van der Waals surface area contributed by atoms with Crippen LogP contribution in [0.3, 0.4) is 0 Å². The van der Waals surface area contributed by atoms with Gasteiger partial charge in [-0.1, -0.05) is 18.2 Å². The van der Waals surface area contributed by atoms with E-state index in [-0.39, 0.29) is 11.4 Å². The summed E-state index contributed by atoms with van der Waals surface area (Å²) in [7, 11) is 0. The van der Waals surface area contributed by atoms with E-state index >= 15 is 0 Å². The fourth-order valence-electron chi connectivity index (χ4n) is 2.49. The summed E-state index contributed by atoms with van der Waals surface area (Å²) >= 11 is 3.18. The Morgan fingerprint density at radius 1 is 1.29 bits per heavy atom. The molecule has 0 saturated carbocycles. The van der Waals surface area contributed by atoms with Gasteiger partial charge in [0.15, 0.2) is 11.5 Å². The molecule has 2 aromatic carbocycles. The van der Waals surface area contributed by atoms with E-state index in [0.29, 0.717) is 11.1 Å². The van der Waals surface area contributed by atoms with Crippen molar-refractivity contribution in [2.75, 3.05) is 0 Å². The summed E-state index contributed by atoms with van der Waals surface area (Å²) in [5, 5.41) is 0. The summed E-state index contributed by atoms with van der Waals surface area (Å²) < 4.78 is 25.5. The van der Waals surface area contributed by atoms with Gasteiger partial charge in [-0.05, 0) is 53.5 Å². The standard InChI is InChI=1S/C17H16BrFO2/c1-17(2)9-12-4-3-5-15(16(12)21-17)20-10-11-6-7-14(19)13(18)8-11/h3-8H,9-10H2,1-2H3. The van der Waals surface area contributed by atoms with Gasteiger partial charge in [-0.2, -0.15) is 0 Å². The van der Waals surface area contributed by atoms with Gasteiger partial charge in [-0.3, -0.25) is 0 Å². The minimum Gasteiger partial charge on any atom is -0.485 e. The molecule has 1 aliphatic rings. The quantitative estimate of drug-likeness (QED) is 0.785. The topological polar surface area (TPSA) is 18.5 Å². The zero-order valence-corrected chi connectivity index (χ0v) is 13.5. The molecular formula is C17H16BrFO2. The SMILES string of the molecule is CC1(C)Cc2cccc(OCc3ccc(F)c(Br)c3)c2O1. The highest BCUT2D eigenvalue weighted by molar-refractivity contribution is 9.10. The highest BCUT2D eigenvalue weighted by Gasteiger charge is 2.32. The van der Waals surface area contributed by atoms with E-state index in [2.05, 4.69) is 35.8 Å². The third-order valence-electron chi connectivity index (χ3n) is 3.43. The summed E-state index contributed by atoms with van der Waals surface area (Å²) in [5.41, 5.74) is 1.87. The van der Waals surface area contributed by atoms with Gasteiger partial charge in [0.1, 0.15) is 18.0 Å². The van der Waals surface area contributed by atoms with Crippen LogP contribution in [0.5, 0.6) is 11.5 Å². The van der Waals surface area contributed by atoms with Crippen molar-refractivity contribution in [2.24, 2.45) is 0 Å². The first kappa shape index (κ1) is 14.4. The van der Waals surface area contributed by atoms with Crippen LogP contribution in [0.15, 0.2) is 40.9 Å². The number of rotatable bonds is 3. The van der Waals surface area contributed by atoms with Gasteiger partial charge < -0.3 is 9.47 Å². The van der Waals surface area contributed by atoms with E-state index in [4.69, 9.17) is 9.47 Å². The number of hydrogen-bond donors (Lipinski definition) is 0. The third-order valence-corrected chi connectivity index (χ3v) is 4.04. The summed E-state index contributed by atoms with van der Waals surface area (Å²) in [6.07, 6.45) is 0.877. The van der Waals surface area contributed by atoms with Crippen LogP contribution in [0.1, 0.15) is 25.0 Å². The second kappa shape index (κ2) is 5.34. The molecule has 0 unspecified atom stereocenters. The number of hydrogen-bond acceptors (Lipinski definition) is 2. The lowest BCUT2D eigenvalue weighted by Gasteiger charge is -2.18. The van der Waals surface area contributed by atoms with Gasteiger partial charge in [0.05, 0.1) is 4.47 Å². The van der Waals surface area contributed by atoms with Crippen LogP contribution in [0.4, 0.5) is 4.39 Å². The van der Waals surface area contributed by atoms with E-state index in [1.807, 2.05) is 12.1 Å². The third kappa shape index (κ3) is 3.05. The van der Waals surface area contributed by atoms with E-state index in [1.165, 1.54) is 6.07 Å². The molecule has 21 heavy (non-hydrogen) atoms. The summed E-state index contributed by atoms with van der Waals surface area (Å²) in [5.74, 6) is 1.28. The number of ether oxygens (including phenoxy) is 2. The van der Waals surface area contributed by atoms with Gasteiger partial charge >= 0.3 is 0 Å². The van der Waals surface area contributed by atoms with Crippen LogP contribution >= 0.6 is 15.9 Å². The van der Waals surface area contributed by atoms with Crippen molar-refractivity contribution in [3.63, 3.8) is 0 Å². The van der Waals surface area contributed by atoms with E-state index in [0.717, 1.165) is 29.0 Å². The lowest BCUT2D eigenvalue weighted by Crippen LogP contribution is -2.24.